The molecule has 1 unspecified atom stereocenters. The molecule has 2 N–H and O–H groups in total. The first-order valence-electron chi connectivity index (χ1n) is 8.70. The van der Waals surface area contributed by atoms with Crippen molar-refractivity contribution in [1.29, 1.82) is 0 Å². The second kappa shape index (κ2) is 8.96. The van der Waals surface area contributed by atoms with Crippen molar-refractivity contribution in [2.75, 3.05) is 20.2 Å². The molecule has 2 aromatic heterocycles. The number of hydrogen-bond donors (Lipinski definition) is 2. The predicted molar refractivity (Wildman–Crippen MR) is 102 cm³/mol. The van der Waals surface area contributed by atoms with Crippen LogP contribution in [0.1, 0.15) is 24.4 Å². The lowest BCUT2D eigenvalue weighted by atomic mass is 10.1. The first-order valence-corrected chi connectivity index (χ1v) is 8.70. The molecular weight excluding hydrogens is 328 g/mol. The third-order valence-corrected chi connectivity index (χ3v) is 4.02. The Balaban J connectivity index is 1.67. The predicted octanol–water partition coefficient (Wildman–Crippen LogP) is 2.17. The molecule has 3 rings (SSSR count). The number of guanidine groups is 1. The number of rotatable bonds is 7. The maximum Gasteiger partial charge on any atom is 0.191 e. The molecule has 0 aliphatic heterocycles. The minimum atomic E-state index is -0.0472. The Kier molecular flexibility index (Phi) is 6.16. The zero-order valence-corrected chi connectivity index (χ0v) is 15.1. The molecule has 0 saturated carbocycles. The number of pyridine rings is 1. The molecule has 1 aromatic carbocycles. The minimum absolute atomic E-state index is 0.0472. The zero-order chi connectivity index (χ0) is 18.2. The number of nitrogens with zero attached hydrogens (tertiary/aromatic N) is 4. The van der Waals surface area contributed by atoms with Crippen LogP contribution in [0.25, 0.3) is 5.65 Å². The number of aromatic nitrogens is 3. The molecule has 0 radical (unpaired) electrons. The molecule has 2 heterocycles. The summed E-state index contributed by atoms with van der Waals surface area (Å²) in [5.74, 6) is 1.52. The van der Waals surface area contributed by atoms with Gasteiger partial charge in [-0.05, 0) is 24.6 Å². The highest BCUT2D eigenvalue weighted by Crippen LogP contribution is 2.14. The Hall–Kier alpha value is -2.93. The number of ether oxygens (including phenoxy) is 1. The van der Waals surface area contributed by atoms with Crippen LogP contribution in [-0.2, 0) is 11.3 Å². The number of hydrogen-bond acceptors (Lipinski definition) is 4. The van der Waals surface area contributed by atoms with Crippen molar-refractivity contribution in [1.82, 2.24) is 25.2 Å². The summed E-state index contributed by atoms with van der Waals surface area (Å²) in [6.45, 7) is 3.86. The molecule has 7 nitrogen and oxygen atoms in total. The van der Waals surface area contributed by atoms with Gasteiger partial charge in [-0.1, -0.05) is 36.4 Å². The molecule has 26 heavy (non-hydrogen) atoms. The van der Waals surface area contributed by atoms with Crippen molar-refractivity contribution in [3.05, 3.63) is 66.1 Å². The first kappa shape index (κ1) is 17.9. The number of methoxy groups -OCH3 is 1. The third-order valence-electron chi connectivity index (χ3n) is 4.02. The van der Waals surface area contributed by atoms with Crippen molar-refractivity contribution >= 4 is 11.6 Å². The second-order valence-corrected chi connectivity index (χ2v) is 5.76. The number of aliphatic imine (C=N–C) groups is 1. The monoisotopic (exact) mass is 352 g/mol. The second-order valence-electron chi connectivity index (χ2n) is 5.76. The van der Waals surface area contributed by atoms with Crippen LogP contribution in [0.2, 0.25) is 0 Å². The van der Waals surface area contributed by atoms with Crippen LogP contribution >= 0.6 is 0 Å². The lowest BCUT2D eigenvalue weighted by Gasteiger charge is -2.18. The Morgan fingerprint density at radius 2 is 1.92 bits per heavy atom. The van der Waals surface area contributed by atoms with Gasteiger partial charge in [0.1, 0.15) is 6.54 Å². The van der Waals surface area contributed by atoms with Gasteiger partial charge >= 0.3 is 0 Å². The van der Waals surface area contributed by atoms with Gasteiger partial charge in [-0.25, -0.2) is 4.99 Å². The molecule has 0 spiro atoms. The van der Waals surface area contributed by atoms with Crippen LogP contribution in [-0.4, -0.2) is 40.8 Å². The molecule has 0 fully saturated rings. The highest BCUT2D eigenvalue weighted by atomic mass is 16.5. The number of nitrogens with one attached hydrogen (secondary N) is 2. The summed E-state index contributed by atoms with van der Waals surface area (Å²) < 4.78 is 7.54. The van der Waals surface area contributed by atoms with Gasteiger partial charge in [0.15, 0.2) is 17.4 Å². The summed E-state index contributed by atoms with van der Waals surface area (Å²) in [6, 6.07) is 16.0. The molecule has 1 atom stereocenters. The molecule has 3 aromatic rings. The van der Waals surface area contributed by atoms with E-state index >= 15 is 0 Å². The average molecular weight is 352 g/mol. The van der Waals surface area contributed by atoms with Gasteiger partial charge < -0.3 is 15.4 Å². The Morgan fingerprint density at radius 3 is 2.69 bits per heavy atom. The van der Waals surface area contributed by atoms with E-state index in [0.717, 1.165) is 29.5 Å². The van der Waals surface area contributed by atoms with Crippen molar-refractivity contribution in [3.8, 4) is 0 Å². The summed E-state index contributed by atoms with van der Waals surface area (Å²) >= 11 is 0. The van der Waals surface area contributed by atoms with Gasteiger partial charge in [0.05, 0.1) is 6.10 Å². The standard InChI is InChI=1S/C19H24N6O/c1-3-20-19(21-13-16(26-2)15-9-5-4-6-10-15)22-14-18-24-23-17-11-7-8-12-25(17)18/h4-12,16H,3,13-14H2,1-2H3,(H2,20,21,22). The van der Waals surface area contributed by atoms with Crippen LogP contribution in [0.5, 0.6) is 0 Å². The number of fused-ring (bicyclic) bond motifs is 1. The lowest BCUT2D eigenvalue weighted by Crippen LogP contribution is -2.39. The van der Waals surface area contributed by atoms with Gasteiger partial charge in [0.25, 0.3) is 0 Å². The molecule has 0 bridgehead atoms. The fourth-order valence-corrected chi connectivity index (χ4v) is 2.68. The molecule has 0 aliphatic rings. The van der Waals surface area contributed by atoms with Crippen LogP contribution in [0, 0.1) is 0 Å². The summed E-state index contributed by atoms with van der Waals surface area (Å²) in [5.41, 5.74) is 1.95. The van der Waals surface area contributed by atoms with Gasteiger partial charge in [-0.15, -0.1) is 10.2 Å². The summed E-state index contributed by atoms with van der Waals surface area (Å²) in [7, 11) is 1.71. The topological polar surface area (TPSA) is 75.8 Å². The van der Waals surface area contributed by atoms with E-state index in [-0.39, 0.29) is 6.10 Å². The Labute approximate surface area is 153 Å². The van der Waals surface area contributed by atoms with Crippen molar-refractivity contribution in [2.24, 2.45) is 4.99 Å². The fourth-order valence-electron chi connectivity index (χ4n) is 2.68. The van der Waals surface area contributed by atoms with Gasteiger partial charge in [0.2, 0.25) is 0 Å². The summed E-state index contributed by atoms with van der Waals surface area (Å²) in [6.07, 6.45) is 1.89. The van der Waals surface area contributed by atoms with Crippen molar-refractivity contribution in [3.63, 3.8) is 0 Å². The largest absolute Gasteiger partial charge is 0.375 e. The van der Waals surface area contributed by atoms with Crippen LogP contribution in [0.3, 0.4) is 0 Å². The van der Waals surface area contributed by atoms with E-state index in [2.05, 4.69) is 38.0 Å². The molecule has 0 aliphatic carbocycles. The normalized spacial score (nSPS) is 12.9. The van der Waals surface area contributed by atoms with Gasteiger partial charge in [-0.3, -0.25) is 4.40 Å². The molecular formula is C19H24N6O. The zero-order valence-electron chi connectivity index (χ0n) is 15.1. The van der Waals surface area contributed by atoms with E-state index in [4.69, 9.17) is 4.74 Å². The fraction of sp³-hybridized carbons (Fsp3) is 0.316. The average Bonchev–Trinajstić information content (AvgIpc) is 3.10. The molecule has 7 heteroatoms. The highest BCUT2D eigenvalue weighted by molar-refractivity contribution is 5.79. The Bertz CT molecular complexity index is 845. The molecule has 0 saturated heterocycles. The number of benzene rings is 1. The SMILES string of the molecule is CCNC(=NCc1nnc2ccccn12)NCC(OC)c1ccccc1. The van der Waals surface area contributed by atoms with Crippen LogP contribution in [0.15, 0.2) is 59.7 Å². The third kappa shape index (κ3) is 4.37. The van der Waals surface area contributed by atoms with Crippen molar-refractivity contribution in [2.45, 2.75) is 19.6 Å². The smallest absolute Gasteiger partial charge is 0.191 e. The lowest BCUT2D eigenvalue weighted by molar-refractivity contribution is 0.106. The quantitative estimate of drug-likeness (QED) is 0.503. The highest BCUT2D eigenvalue weighted by Gasteiger charge is 2.11. The summed E-state index contributed by atoms with van der Waals surface area (Å²) in [4.78, 5) is 4.62. The van der Waals surface area contributed by atoms with Crippen molar-refractivity contribution < 1.29 is 4.74 Å². The van der Waals surface area contributed by atoms with E-state index in [1.54, 1.807) is 7.11 Å². The van der Waals surface area contributed by atoms with Crippen LogP contribution < -0.4 is 10.6 Å². The van der Waals surface area contributed by atoms with Gasteiger partial charge in [-0.2, -0.15) is 0 Å². The van der Waals surface area contributed by atoms with E-state index in [1.165, 1.54) is 0 Å². The van der Waals surface area contributed by atoms with E-state index in [9.17, 15) is 0 Å². The molecule has 136 valence electrons. The van der Waals surface area contributed by atoms with E-state index in [0.29, 0.717) is 13.1 Å². The maximum absolute atomic E-state index is 5.60. The van der Waals surface area contributed by atoms with E-state index < -0.39 is 0 Å². The van der Waals surface area contributed by atoms with Crippen LogP contribution in [0.4, 0.5) is 0 Å². The molecule has 0 amide bonds. The first-order chi connectivity index (χ1) is 12.8. The summed E-state index contributed by atoms with van der Waals surface area (Å²) in [5, 5.41) is 15.0. The minimum Gasteiger partial charge on any atom is -0.375 e. The van der Waals surface area contributed by atoms with Gasteiger partial charge in [0, 0.05) is 26.4 Å². The van der Waals surface area contributed by atoms with E-state index in [1.807, 2.05) is 53.9 Å². The maximum atomic E-state index is 5.60. The Morgan fingerprint density at radius 1 is 1.12 bits per heavy atom.